The fourth-order valence-corrected chi connectivity index (χ4v) is 2.56. The number of guanidine groups is 1. The summed E-state index contributed by atoms with van der Waals surface area (Å²) in [7, 11) is 3.45. The molecule has 2 rings (SSSR count). The molecule has 0 aliphatic rings. The van der Waals surface area contributed by atoms with Crippen molar-refractivity contribution < 1.29 is 9.47 Å². The van der Waals surface area contributed by atoms with Crippen LogP contribution in [0, 0.1) is 0 Å². The van der Waals surface area contributed by atoms with E-state index < -0.39 is 0 Å². The number of aliphatic imine (C=N–C) groups is 1. The quantitative estimate of drug-likeness (QED) is 0.336. The molecule has 0 atom stereocenters. The molecule has 0 aliphatic carbocycles. The summed E-state index contributed by atoms with van der Waals surface area (Å²) in [4.78, 5) is 4.29. The first-order valence-corrected chi connectivity index (χ1v) is 9.19. The lowest BCUT2D eigenvalue weighted by Crippen LogP contribution is -2.36. The van der Waals surface area contributed by atoms with Gasteiger partial charge in [0.2, 0.25) is 0 Å². The van der Waals surface area contributed by atoms with Crippen molar-refractivity contribution in [3.05, 3.63) is 65.2 Å². The minimum absolute atomic E-state index is 0. The maximum absolute atomic E-state index is 5.86. The zero-order chi connectivity index (χ0) is 19.7. The first-order chi connectivity index (χ1) is 12.9. The number of nitrogens with one attached hydrogen (secondary N) is 2. The normalized spacial score (nSPS) is 11.5. The summed E-state index contributed by atoms with van der Waals surface area (Å²) in [6.07, 6.45) is 0. The zero-order valence-electron chi connectivity index (χ0n) is 17.4. The predicted octanol–water partition coefficient (Wildman–Crippen LogP) is 4.49. The Morgan fingerprint density at radius 1 is 0.964 bits per heavy atom. The monoisotopic (exact) mass is 497 g/mol. The first kappa shape index (κ1) is 24.2. The van der Waals surface area contributed by atoms with Crippen LogP contribution in [0.2, 0.25) is 0 Å². The van der Waals surface area contributed by atoms with Gasteiger partial charge in [-0.05, 0) is 38.0 Å². The molecular weight excluding hydrogens is 465 g/mol. The molecule has 0 aliphatic heterocycles. The molecule has 0 saturated carbocycles. The van der Waals surface area contributed by atoms with E-state index in [1.165, 1.54) is 11.1 Å². The van der Waals surface area contributed by atoms with Gasteiger partial charge in [0, 0.05) is 25.7 Å². The Morgan fingerprint density at radius 3 is 2.32 bits per heavy atom. The molecular formula is C22H32IN3O2. The second kappa shape index (κ2) is 11.9. The van der Waals surface area contributed by atoms with E-state index in [0.717, 1.165) is 17.3 Å². The van der Waals surface area contributed by atoms with Crippen LogP contribution in [0.4, 0.5) is 0 Å². The molecule has 0 heterocycles. The lowest BCUT2D eigenvalue weighted by atomic mass is 10.1. The number of rotatable bonds is 7. The van der Waals surface area contributed by atoms with E-state index in [4.69, 9.17) is 9.47 Å². The minimum atomic E-state index is -0.140. The molecule has 0 radical (unpaired) electrons. The van der Waals surface area contributed by atoms with Gasteiger partial charge in [-0.3, -0.25) is 4.99 Å². The van der Waals surface area contributed by atoms with Crippen LogP contribution < -0.4 is 15.4 Å². The standard InChI is InChI=1S/C22H31N3O2.HI/c1-22(2,3)27-16-18-10-8-9-17(13-18)14-24-21(23-4)25-15-19-11-6-7-12-20(19)26-5;/h6-13H,14-16H2,1-5H3,(H2,23,24,25);1H. The molecule has 0 amide bonds. The van der Waals surface area contributed by atoms with Gasteiger partial charge in [-0.1, -0.05) is 42.5 Å². The summed E-state index contributed by atoms with van der Waals surface area (Å²) in [5, 5.41) is 6.67. The number of methoxy groups -OCH3 is 1. The van der Waals surface area contributed by atoms with E-state index >= 15 is 0 Å². The van der Waals surface area contributed by atoms with Crippen LogP contribution in [0.1, 0.15) is 37.5 Å². The second-order valence-electron chi connectivity index (χ2n) is 7.31. The Morgan fingerprint density at radius 2 is 1.64 bits per heavy atom. The third kappa shape index (κ3) is 8.48. The lowest BCUT2D eigenvalue weighted by Gasteiger charge is -2.20. The van der Waals surface area contributed by atoms with Crippen molar-refractivity contribution in [1.29, 1.82) is 0 Å². The van der Waals surface area contributed by atoms with Crippen molar-refractivity contribution >= 4 is 29.9 Å². The van der Waals surface area contributed by atoms with Crippen LogP contribution >= 0.6 is 24.0 Å². The predicted molar refractivity (Wildman–Crippen MR) is 126 cm³/mol. The SMILES string of the molecule is CN=C(NCc1cccc(COC(C)(C)C)c1)NCc1ccccc1OC.I. The van der Waals surface area contributed by atoms with Crippen molar-refractivity contribution in [1.82, 2.24) is 10.6 Å². The number of nitrogens with zero attached hydrogens (tertiary/aromatic N) is 1. The molecule has 2 N–H and O–H groups in total. The summed E-state index contributed by atoms with van der Waals surface area (Å²) < 4.78 is 11.2. The highest BCUT2D eigenvalue weighted by molar-refractivity contribution is 14.0. The van der Waals surface area contributed by atoms with Gasteiger partial charge in [-0.25, -0.2) is 0 Å². The molecule has 0 unspecified atom stereocenters. The van der Waals surface area contributed by atoms with Gasteiger partial charge in [0.25, 0.3) is 0 Å². The maximum Gasteiger partial charge on any atom is 0.191 e. The van der Waals surface area contributed by atoms with Crippen molar-refractivity contribution in [3.8, 4) is 5.75 Å². The summed E-state index contributed by atoms with van der Waals surface area (Å²) in [6, 6.07) is 16.4. The maximum atomic E-state index is 5.86. The molecule has 154 valence electrons. The van der Waals surface area contributed by atoms with E-state index in [0.29, 0.717) is 19.7 Å². The third-order valence-corrected chi connectivity index (χ3v) is 3.99. The van der Waals surface area contributed by atoms with Crippen molar-refractivity contribution in [2.45, 2.75) is 46.1 Å². The second-order valence-corrected chi connectivity index (χ2v) is 7.31. The molecule has 0 bridgehead atoms. The molecule has 0 fully saturated rings. The Balaban J connectivity index is 0.00000392. The van der Waals surface area contributed by atoms with E-state index in [-0.39, 0.29) is 29.6 Å². The smallest absolute Gasteiger partial charge is 0.191 e. The van der Waals surface area contributed by atoms with Crippen molar-refractivity contribution in [2.75, 3.05) is 14.2 Å². The Labute approximate surface area is 186 Å². The van der Waals surface area contributed by atoms with E-state index in [1.54, 1.807) is 14.2 Å². The largest absolute Gasteiger partial charge is 0.496 e. The highest BCUT2D eigenvalue weighted by Crippen LogP contribution is 2.16. The van der Waals surface area contributed by atoms with Gasteiger partial charge in [-0.15, -0.1) is 24.0 Å². The molecule has 0 spiro atoms. The van der Waals surface area contributed by atoms with Crippen LogP contribution in [0.3, 0.4) is 0 Å². The van der Waals surface area contributed by atoms with Gasteiger partial charge in [0.05, 0.1) is 19.3 Å². The summed E-state index contributed by atoms with van der Waals surface area (Å²) >= 11 is 0. The third-order valence-electron chi connectivity index (χ3n) is 3.99. The fraction of sp³-hybridized carbons (Fsp3) is 0.409. The van der Waals surface area contributed by atoms with Crippen molar-refractivity contribution in [2.24, 2.45) is 4.99 Å². The molecule has 2 aromatic rings. The van der Waals surface area contributed by atoms with E-state index in [1.807, 2.05) is 24.3 Å². The molecule has 28 heavy (non-hydrogen) atoms. The molecule has 0 aromatic heterocycles. The number of hydrogen-bond acceptors (Lipinski definition) is 3. The highest BCUT2D eigenvalue weighted by atomic mass is 127. The number of benzene rings is 2. The summed E-state index contributed by atoms with van der Waals surface area (Å²) in [5.41, 5.74) is 3.30. The molecule has 2 aromatic carbocycles. The number of hydrogen-bond donors (Lipinski definition) is 2. The van der Waals surface area contributed by atoms with Crippen LogP contribution in [-0.2, 0) is 24.4 Å². The first-order valence-electron chi connectivity index (χ1n) is 9.19. The van der Waals surface area contributed by atoms with E-state index in [9.17, 15) is 0 Å². The lowest BCUT2D eigenvalue weighted by molar-refractivity contribution is -0.0149. The van der Waals surface area contributed by atoms with E-state index in [2.05, 4.69) is 60.7 Å². The van der Waals surface area contributed by atoms with Crippen LogP contribution in [0.15, 0.2) is 53.5 Å². The molecule has 5 nitrogen and oxygen atoms in total. The van der Waals surface area contributed by atoms with Gasteiger partial charge in [-0.2, -0.15) is 0 Å². The fourth-order valence-electron chi connectivity index (χ4n) is 2.56. The molecule has 6 heteroatoms. The van der Waals surface area contributed by atoms with Crippen LogP contribution in [0.25, 0.3) is 0 Å². The number of para-hydroxylation sites is 1. The average Bonchev–Trinajstić information content (AvgIpc) is 2.66. The Bertz CT molecular complexity index is 757. The Kier molecular flexibility index (Phi) is 10.3. The average molecular weight is 497 g/mol. The summed E-state index contributed by atoms with van der Waals surface area (Å²) in [6.45, 7) is 8.14. The van der Waals surface area contributed by atoms with Crippen LogP contribution in [-0.4, -0.2) is 25.7 Å². The molecule has 0 saturated heterocycles. The van der Waals surface area contributed by atoms with Gasteiger partial charge < -0.3 is 20.1 Å². The van der Waals surface area contributed by atoms with Gasteiger partial charge in [0.1, 0.15) is 5.75 Å². The van der Waals surface area contributed by atoms with Crippen LogP contribution in [0.5, 0.6) is 5.75 Å². The van der Waals surface area contributed by atoms with Crippen molar-refractivity contribution in [3.63, 3.8) is 0 Å². The minimum Gasteiger partial charge on any atom is -0.496 e. The van der Waals surface area contributed by atoms with Gasteiger partial charge >= 0.3 is 0 Å². The zero-order valence-corrected chi connectivity index (χ0v) is 19.7. The Hall–Kier alpha value is -1.80. The number of halogens is 1. The summed E-state index contributed by atoms with van der Waals surface area (Å²) in [5.74, 6) is 1.62. The highest BCUT2D eigenvalue weighted by Gasteiger charge is 2.10. The topological polar surface area (TPSA) is 54.9 Å². The number of ether oxygens (including phenoxy) is 2. The van der Waals surface area contributed by atoms with Gasteiger partial charge in [0.15, 0.2) is 5.96 Å².